The smallest absolute Gasteiger partial charge is 0.0619 e. The largest absolute Gasteiger partial charge is 0.405 e. The van der Waals surface area contributed by atoms with Gasteiger partial charge in [-0.15, -0.1) is 0 Å². The highest BCUT2D eigenvalue weighted by molar-refractivity contribution is 6.19. The van der Waals surface area contributed by atoms with E-state index >= 15 is 0 Å². The van der Waals surface area contributed by atoms with Gasteiger partial charge < -0.3 is 16.0 Å². The van der Waals surface area contributed by atoms with Gasteiger partial charge in [-0.05, 0) is 107 Å². The number of fused-ring (bicyclic) bond motifs is 6. The van der Waals surface area contributed by atoms with Crippen LogP contribution in [0.1, 0.15) is 18.1 Å². The van der Waals surface area contributed by atoms with E-state index in [-0.39, 0.29) is 0 Å². The van der Waals surface area contributed by atoms with Crippen LogP contribution in [0.25, 0.3) is 65.9 Å². The molecule has 0 aliphatic carbocycles. The van der Waals surface area contributed by atoms with Gasteiger partial charge >= 0.3 is 0 Å². The molecule has 7 aromatic rings. The maximum Gasteiger partial charge on any atom is 0.0619 e. The van der Waals surface area contributed by atoms with Gasteiger partial charge in [0.15, 0.2) is 0 Å². The maximum absolute atomic E-state index is 6.29. The lowest BCUT2D eigenvalue weighted by atomic mass is 9.96. The van der Waals surface area contributed by atoms with Gasteiger partial charge in [-0.3, -0.25) is 0 Å². The van der Waals surface area contributed by atoms with Gasteiger partial charge in [0.2, 0.25) is 0 Å². The van der Waals surface area contributed by atoms with E-state index in [1.54, 1.807) is 6.20 Å². The second-order valence-electron chi connectivity index (χ2n) is 11.4. The van der Waals surface area contributed by atoms with Gasteiger partial charge in [-0.1, -0.05) is 103 Å². The Balaban J connectivity index is 1.35. The third-order valence-corrected chi connectivity index (χ3v) is 8.51. The van der Waals surface area contributed by atoms with Crippen molar-refractivity contribution in [3.05, 3.63) is 169 Å². The zero-order valence-electron chi connectivity index (χ0n) is 25.3. The molecule has 3 nitrogen and oxygen atoms in total. The second-order valence-corrected chi connectivity index (χ2v) is 11.4. The fourth-order valence-electron chi connectivity index (χ4n) is 6.28. The molecule has 0 fully saturated rings. The predicted molar refractivity (Wildman–Crippen MR) is 194 cm³/mol. The van der Waals surface area contributed by atoms with Crippen molar-refractivity contribution < 1.29 is 0 Å². The van der Waals surface area contributed by atoms with E-state index in [0.29, 0.717) is 0 Å². The minimum absolute atomic E-state index is 0.765. The molecule has 1 heterocycles. The molecule has 218 valence electrons. The molecule has 0 spiro atoms. The van der Waals surface area contributed by atoms with Crippen LogP contribution in [0.5, 0.6) is 0 Å². The minimum atomic E-state index is 0.765. The quantitative estimate of drug-likeness (QED) is 0.184. The summed E-state index contributed by atoms with van der Waals surface area (Å²) < 4.78 is 2.42. The summed E-state index contributed by atoms with van der Waals surface area (Å²) in [6, 6.07) is 42.0. The first-order valence-corrected chi connectivity index (χ1v) is 15.4. The lowest BCUT2D eigenvalue weighted by Gasteiger charge is -2.12. The molecular weight excluding hydrogens is 546 g/mol. The van der Waals surface area contributed by atoms with Crippen LogP contribution in [-0.4, -0.2) is 4.57 Å². The van der Waals surface area contributed by atoms with Gasteiger partial charge in [-0.2, -0.15) is 0 Å². The average molecular weight is 582 g/mol. The molecule has 1 aromatic heterocycles. The SMILES string of the molecule is C/C=C\C=C(/N)c1ccc2cc(-c3ccc4c(ccc5c6ccc(C/C=C\C=C/N)cc6n(-c6ccccc6)c45)c3)ccc2c1. The molecule has 45 heavy (non-hydrogen) atoms. The summed E-state index contributed by atoms with van der Waals surface area (Å²) in [5.41, 5.74) is 20.8. The molecule has 0 radical (unpaired) electrons. The number of allylic oxidation sites excluding steroid dienone is 6. The van der Waals surface area contributed by atoms with E-state index in [4.69, 9.17) is 11.5 Å². The maximum atomic E-state index is 6.29. The summed E-state index contributed by atoms with van der Waals surface area (Å²) in [6.45, 7) is 1.99. The summed E-state index contributed by atoms with van der Waals surface area (Å²) in [7, 11) is 0. The van der Waals surface area contributed by atoms with Crippen molar-refractivity contribution in [3.8, 4) is 16.8 Å². The van der Waals surface area contributed by atoms with Crippen molar-refractivity contribution in [1.29, 1.82) is 0 Å². The fraction of sp³-hybridized carbons (Fsp3) is 0.0476. The van der Waals surface area contributed by atoms with Crippen LogP contribution < -0.4 is 11.5 Å². The van der Waals surface area contributed by atoms with Gasteiger partial charge in [0, 0.05) is 27.5 Å². The Labute approximate surface area is 263 Å². The van der Waals surface area contributed by atoms with Crippen LogP contribution in [0.2, 0.25) is 0 Å². The molecule has 0 amide bonds. The number of para-hydroxylation sites is 1. The number of aromatic nitrogens is 1. The lowest BCUT2D eigenvalue weighted by Crippen LogP contribution is -1.95. The zero-order chi connectivity index (χ0) is 30.8. The van der Waals surface area contributed by atoms with Crippen molar-refractivity contribution in [2.24, 2.45) is 11.5 Å². The second kappa shape index (κ2) is 12.1. The van der Waals surface area contributed by atoms with Crippen LogP contribution in [0, 0.1) is 0 Å². The number of hydrogen-bond acceptors (Lipinski definition) is 2. The summed E-state index contributed by atoms with van der Waals surface area (Å²) in [5, 5.41) is 7.33. The van der Waals surface area contributed by atoms with E-state index in [1.807, 2.05) is 37.3 Å². The van der Waals surface area contributed by atoms with Crippen molar-refractivity contribution >= 4 is 49.0 Å². The number of nitrogens with two attached hydrogens (primary N) is 2. The highest BCUT2D eigenvalue weighted by Crippen LogP contribution is 2.38. The Kier molecular flexibility index (Phi) is 7.51. The van der Waals surface area contributed by atoms with Crippen LogP contribution in [0.15, 0.2) is 158 Å². The molecular formula is C42H35N3. The highest BCUT2D eigenvalue weighted by Gasteiger charge is 2.16. The first-order valence-electron chi connectivity index (χ1n) is 15.4. The zero-order valence-corrected chi connectivity index (χ0v) is 25.3. The number of rotatable bonds is 7. The summed E-state index contributed by atoms with van der Waals surface area (Å²) >= 11 is 0. The Morgan fingerprint density at radius 3 is 2.20 bits per heavy atom. The first-order chi connectivity index (χ1) is 22.1. The molecule has 0 aliphatic heterocycles. The Bertz CT molecular complexity index is 2310. The van der Waals surface area contributed by atoms with Crippen molar-refractivity contribution in [1.82, 2.24) is 4.57 Å². The van der Waals surface area contributed by atoms with Gasteiger partial charge in [-0.25, -0.2) is 0 Å². The summed E-state index contributed by atoms with van der Waals surface area (Å²) in [4.78, 5) is 0. The molecule has 0 saturated heterocycles. The lowest BCUT2D eigenvalue weighted by molar-refractivity contribution is 1.18. The van der Waals surface area contributed by atoms with Crippen molar-refractivity contribution in [2.75, 3.05) is 0 Å². The van der Waals surface area contributed by atoms with Crippen LogP contribution >= 0.6 is 0 Å². The van der Waals surface area contributed by atoms with Gasteiger partial charge in [0.05, 0.1) is 11.0 Å². The van der Waals surface area contributed by atoms with Crippen LogP contribution in [-0.2, 0) is 6.42 Å². The van der Waals surface area contributed by atoms with E-state index in [9.17, 15) is 0 Å². The molecule has 7 rings (SSSR count). The van der Waals surface area contributed by atoms with E-state index < -0.39 is 0 Å². The van der Waals surface area contributed by atoms with Crippen molar-refractivity contribution in [2.45, 2.75) is 13.3 Å². The Morgan fingerprint density at radius 2 is 1.38 bits per heavy atom. The number of benzene rings is 6. The first kappa shape index (κ1) is 28.0. The molecule has 0 saturated carbocycles. The topological polar surface area (TPSA) is 57.0 Å². The molecule has 4 N–H and O–H groups in total. The number of nitrogens with zero attached hydrogens (tertiary/aromatic N) is 1. The molecule has 0 aliphatic rings. The van der Waals surface area contributed by atoms with E-state index in [1.165, 1.54) is 60.0 Å². The average Bonchev–Trinajstić information content (AvgIpc) is 3.42. The van der Waals surface area contributed by atoms with Crippen LogP contribution in [0.3, 0.4) is 0 Å². The molecule has 0 unspecified atom stereocenters. The molecule has 6 aromatic carbocycles. The minimum Gasteiger partial charge on any atom is -0.405 e. The summed E-state index contributed by atoms with van der Waals surface area (Å²) in [5.74, 6) is 0. The van der Waals surface area contributed by atoms with E-state index in [0.717, 1.165) is 23.4 Å². The summed E-state index contributed by atoms with van der Waals surface area (Å²) in [6.07, 6.45) is 14.3. The number of hydrogen-bond donors (Lipinski definition) is 2. The third-order valence-electron chi connectivity index (χ3n) is 8.51. The van der Waals surface area contributed by atoms with Crippen LogP contribution in [0.4, 0.5) is 0 Å². The highest BCUT2D eigenvalue weighted by atomic mass is 15.0. The molecule has 0 bridgehead atoms. The van der Waals surface area contributed by atoms with Crippen molar-refractivity contribution in [3.63, 3.8) is 0 Å². The molecule has 0 atom stereocenters. The van der Waals surface area contributed by atoms with Gasteiger partial charge in [0.1, 0.15) is 0 Å². The Morgan fingerprint density at radius 1 is 0.667 bits per heavy atom. The standard InChI is InChI=1S/C42H35N3/c1-2-3-13-40(44)35-18-17-31-26-30(15-16-32(31)28-35)33-19-22-37-34(27-33)20-23-39-38-21-14-29(10-6-5-9-24-43)25-41(38)45(42(37)39)36-11-7-4-8-12-36/h2-9,11-28H,10,43-44H2,1H3/b3-2-,6-5-,24-9-,40-13-. The predicted octanol–water partition coefficient (Wildman–Crippen LogP) is 10.2. The van der Waals surface area contributed by atoms with E-state index in [2.05, 4.69) is 126 Å². The molecule has 3 heteroatoms. The van der Waals surface area contributed by atoms with Gasteiger partial charge in [0.25, 0.3) is 0 Å². The normalized spacial score (nSPS) is 12.7. The Hall–Kier alpha value is -5.80. The monoisotopic (exact) mass is 581 g/mol. The third kappa shape index (κ3) is 5.30. The fourth-order valence-corrected chi connectivity index (χ4v) is 6.28.